The summed E-state index contributed by atoms with van der Waals surface area (Å²) in [7, 11) is 0. The van der Waals surface area contributed by atoms with Gasteiger partial charge in [0, 0.05) is 24.2 Å². The molecule has 1 aromatic rings. The summed E-state index contributed by atoms with van der Waals surface area (Å²) >= 11 is 5.93. The molecule has 6 heteroatoms. The minimum absolute atomic E-state index is 0.152. The predicted molar refractivity (Wildman–Crippen MR) is 72.5 cm³/mol. The first-order valence-corrected chi connectivity index (χ1v) is 6.25. The Bertz CT molecular complexity index is 488. The maximum absolute atomic E-state index is 11.9. The summed E-state index contributed by atoms with van der Waals surface area (Å²) in [5, 5.41) is 12.0. The predicted octanol–water partition coefficient (Wildman–Crippen LogP) is 2.01. The lowest BCUT2D eigenvalue weighted by Gasteiger charge is -2.14. The van der Waals surface area contributed by atoms with Gasteiger partial charge in [0.25, 0.3) is 0 Å². The van der Waals surface area contributed by atoms with Gasteiger partial charge in [-0.3, -0.25) is 4.79 Å². The molecule has 0 radical (unpaired) electrons. The van der Waals surface area contributed by atoms with E-state index in [2.05, 4.69) is 5.32 Å². The van der Waals surface area contributed by atoms with Gasteiger partial charge in [0.15, 0.2) is 0 Å². The van der Waals surface area contributed by atoms with Crippen molar-refractivity contribution < 1.29 is 19.4 Å². The lowest BCUT2D eigenvalue weighted by atomic mass is 10.0. The van der Waals surface area contributed by atoms with E-state index in [9.17, 15) is 9.59 Å². The number of halogens is 1. The van der Waals surface area contributed by atoms with Crippen LogP contribution >= 0.6 is 11.6 Å². The van der Waals surface area contributed by atoms with Gasteiger partial charge in [-0.05, 0) is 31.0 Å². The minimum atomic E-state index is -0.528. The van der Waals surface area contributed by atoms with Crippen LogP contribution < -0.4 is 5.32 Å². The second-order valence-corrected chi connectivity index (χ2v) is 4.29. The first kappa shape index (κ1) is 15.5. The van der Waals surface area contributed by atoms with Crippen LogP contribution in [0.15, 0.2) is 12.1 Å². The van der Waals surface area contributed by atoms with Crippen LogP contribution in [-0.4, -0.2) is 30.2 Å². The van der Waals surface area contributed by atoms with E-state index in [-0.39, 0.29) is 31.1 Å². The Balaban J connectivity index is 3.30. The van der Waals surface area contributed by atoms with E-state index in [0.717, 1.165) is 0 Å². The largest absolute Gasteiger partial charge is 0.462 e. The number of benzene rings is 1. The molecule has 104 valence electrons. The number of carbonyl (C=O) groups is 2. The number of nitrogens with one attached hydrogen (secondary N) is 1. The molecule has 1 amide bonds. The van der Waals surface area contributed by atoms with Crippen LogP contribution in [0.4, 0.5) is 5.69 Å². The second-order valence-electron chi connectivity index (χ2n) is 3.85. The fraction of sp³-hybridized carbons (Fsp3) is 0.385. The zero-order chi connectivity index (χ0) is 14.4. The molecule has 0 aromatic heterocycles. The Morgan fingerprint density at radius 1 is 1.42 bits per heavy atom. The lowest BCUT2D eigenvalue weighted by Crippen LogP contribution is -2.14. The lowest BCUT2D eigenvalue weighted by molar-refractivity contribution is -0.114. The van der Waals surface area contributed by atoms with E-state index < -0.39 is 5.97 Å². The van der Waals surface area contributed by atoms with Gasteiger partial charge in [-0.15, -0.1) is 0 Å². The highest BCUT2D eigenvalue weighted by atomic mass is 35.5. The summed E-state index contributed by atoms with van der Waals surface area (Å²) in [6.07, 6.45) is 0.223. The van der Waals surface area contributed by atoms with Crippen molar-refractivity contribution in [2.75, 3.05) is 18.5 Å². The summed E-state index contributed by atoms with van der Waals surface area (Å²) in [6, 6.07) is 3.01. The highest BCUT2D eigenvalue weighted by molar-refractivity contribution is 6.31. The maximum Gasteiger partial charge on any atom is 0.338 e. The fourth-order valence-corrected chi connectivity index (χ4v) is 1.93. The molecule has 1 rings (SSSR count). The van der Waals surface area contributed by atoms with Crippen LogP contribution in [0.1, 0.15) is 29.8 Å². The summed E-state index contributed by atoms with van der Waals surface area (Å²) in [4.78, 5) is 23.0. The Morgan fingerprint density at radius 3 is 2.63 bits per heavy atom. The van der Waals surface area contributed by atoms with Gasteiger partial charge in [-0.2, -0.15) is 0 Å². The van der Waals surface area contributed by atoms with Crippen LogP contribution in [0.2, 0.25) is 5.02 Å². The quantitative estimate of drug-likeness (QED) is 0.812. The number of amides is 1. The smallest absolute Gasteiger partial charge is 0.338 e. The zero-order valence-corrected chi connectivity index (χ0v) is 11.6. The number of aliphatic hydroxyl groups is 1. The Morgan fingerprint density at radius 2 is 2.11 bits per heavy atom. The molecule has 0 heterocycles. The van der Waals surface area contributed by atoms with Gasteiger partial charge in [0.2, 0.25) is 5.91 Å². The molecule has 0 spiro atoms. The minimum Gasteiger partial charge on any atom is -0.462 e. The number of ether oxygens (including phenoxy) is 1. The normalized spacial score (nSPS) is 10.1. The number of hydrogen-bond acceptors (Lipinski definition) is 4. The molecule has 0 saturated carbocycles. The van der Waals surface area contributed by atoms with Crippen molar-refractivity contribution in [2.45, 2.75) is 20.3 Å². The highest BCUT2D eigenvalue weighted by Crippen LogP contribution is 2.27. The van der Waals surface area contributed by atoms with Gasteiger partial charge >= 0.3 is 5.97 Å². The molecule has 0 fully saturated rings. The van der Waals surface area contributed by atoms with E-state index in [1.54, 1.807) is 6.92 Å². The van der Waals surface area contributed by atoms with E-state index in [0.29, 0.717) is 16.3 Å². The van der Waals surface area contributed by atoms with E-state index >= 15 is 0 Å². The third kappa shape index (κ3) is 4.22. The van der Waals surface area contributed by atoms with Crippen molar-refractivity contribution in [1.82, 2.24) is 0 Å². The Labute approximate surface area is 116 Å². The maximum atomic E-state index is 11.9. The number of anilines is 1. The van der Waals surface area contributed by atoms with Gasteiger partial charge in [0.1, 0.15) is 0 Å². The molecular formula is C13H16ClNO4. The second kappa shape index (κ2) is 7.11. The zero-order valence-electron chi connectivity index (χ0n) is 10.8. The van der Waals surface area contributed by atoms with Crippen LogP contribution in [0, 0.1) is 0 Å². The van der Waals surface area contributed by atoms with Crippen LogP contribution in [0.3, 0.4) is 0 Å². The standard InChI is InChI=1S/C13H16ClNO4/c1-3-19-13(18)11-6-9(14)7-12(15-8(2)17)10(11)4-5-16/h6-7,16H,3-5H2,1-2H3,(H,15,17). The van der Waals surface area contributed by atoms with Gasteiger partial charge < -0.3 is 15.2 Å². The molecule has 0 unspecified atom stereocenters. The number of hydrogen-bond donors (Lipinski definition) is 2. The van der Waals surface area contributed by atoms with Gasteiger partial charge in [0.05, 0.1) is 12.2 Å². The molecule has 5 nitrogen and oxygen atoms in total. The average Bonchev–Trinajstić information content (AvgIpc) is 2.31. The number of esters is 1. The molecule has 1 aromatic carbocycles. The van der Waals surface area contributed by atoms with Crippen molar-refractivity contribution in [3.63, 3.8) is 0 Å². The number of carbonyl (C=O) groups excluding carboxylic acids is 2. The molecule has 0 bridgehead atoms. The van der Waals surface area contributed by atoms with E-state index in [1.165, 1.54) is 19.1 Å². The molecular weight excluding hydrogens is 270 g/mol. The molecule has 0 aliphatic rings. The van der Waals surface area contributed by atoms with Crippen LogP contribution in [0.5, 0.6) is 0 Å². The van der Waals surface area contributed by atoms with Crippen molar-refractivity contribution >= 4 is 29.2 Å². The molecule has 0 aliphatic heterocycles. The third-order valence-corrected chi connectivity index (χ3v) is 2.60. The van der Waals surface area contributed by atoms with Gasteiger partial charge in [-0.1, -0.05) is 11.6 Å². The van der Waals surface area contributed by atoms with Crippen molar-refractivity contribution in [3.8, 4) is 0 Å². The van der Waals surface area contributed by atoms with Crippen molar-refractivity contribution in [1.29, 1.82) is 0 Å². The summed E-state index contributed by atoms with van der Waals surface area (Å²) in [6.45, 7) is 3.14. The summed E-state index contributed by atoms with van der Waals surface area (Å²) in [5.41, 5.74) is 1.19. The van der Waals surface area contributed by atoms with Crippen molar-refractivity contribution in [3.05, 3.63) is 28.3 Å². The first-order valence-electron chi connectivity index (χ1n) is 5.87. The molecule has 0 aliphatic carbocycles. The first-order chi connectivity index (χ1) is 8.99. The monoisotopic (exact) mass is 285 g/mol. The third-order valence-electron chi connectivity index (χ3n) is 2.38. The van der Waals surface area contributed by atoms with Crippen molar-refractivity contribution in [2.24, 2.45) is 0 Å². The molecule has 0 saturated heterocycles. The van der Waals surface area contributed by atoms with Gasteiger partial charge in [-0.25, -0.2) is 4.79 Å². The molecule has 0 atom stereocenters. The SMILES string of the molecule is CCOC(=O)c1cc(Cl)cc(NC(C)=O)c1CCO. The highest BCUT2D eigenvalue weighted by Gasteiger charge is 2.17. The fourth-order valence-electron chi connectivity index (χ4n) is 1.71. The van der Waals surface area contributed by atoms with Crippen LogP contribution in [-0.2, 0) is 16.0 Å². The summed E-state index contributed by atoms with van der Waals surface area (Å²) < 4.78 is 4.94. The van der Waals surface area contributed by atoms with Crippen LogP contribution in [0.25, 0.3) is 0 Å². The van der Waals surface area contributed by atoms with E-state index in [1.807, 2.05) is 0 Å². The van der Waals surface area contributed by atoms with E-state index in [4.69, 9.17) is 21.4 Å². The Kier molecular flexibility index (Phi) is 5.79. The number of rotatable bonds is 5. The summed E-state index contributed by atoms with van der Waals surface area (Å²) in [5.74, 6) is -0.809. The average molecular weight is 286 g/mol. The molecule has 19 heavy (non-hydrogen) atoms. The Hall–Kier alpha value is -1.59. The topological polar surface area (TPSA) is 75.6 Å². The molecule has 2 N–H and O–H groups in total. The number of aliphatic hydroxyl groups excluding tert-OH is 1.